The molecule has 4 N–H and O–H groups in total. The minimum atomic E-state index is -0.845. The molecule has 0 aliphatic rings. The summed E-state index contributed by atoms with van der Waals surface area (Å²) in [6.45, 7) is 0.890. The van der Waals surface area contributed by atoms with Gasteiger partial charge in [-0.25, -0.2) is 4.79 Å². The highest BCUT2D eigenvalue weighted by Crippen LogP contribution is 2.20. The molecule has 0 amide bonds. The molecule has 2 aromatic rings. The topological polar surface area (TPSA) is 163 Å². The van der Waals surface area contributed by atoms with Crippen molar-refractivity contribution in [3.05, 3.63) is 62.2 Å². The van der Waals surface area contributed by atoms with E-state index in [1.54, 1.807) is 25.1 Å². The molecular weight excluding hydrogens is 384 g/mol. The highest BCUT2D eigenvalue weighted by molar-refractivity contribution is 5.39. The Labute approximate surface area is 166 Å². The summed E-state index contributed by atoms with van der Waals surface area (Å²) >= 11 is 0. The number of aliphatic hydroxyl groups is 2. The predicted octanol–water partition coefficient (Wildman–Crippen LogP) is 0.729. The number of nitrogen functional groups attached to an aromatic ring is 1. The molecule has 1 aromatic carbocycles. The minimum absolute atomic E-state index is 0.0236. The lowest BCUT2D eigenvalue weighted by molar-refractivity contribution is -0.386. The molecule has 0 saturated carbocycles. The summed E-state index contributed by atoms with van der Waals surface area (Å²) in [5.41, 5.74) is 5.91. The Balaban J connectivity index is 2.16. The van der Waals surface area contributed by atoms with E-state index in [0.717, 1.165) is 0 Å². The number of benzene rings is 1. The molecule has 0 spiro atoms. The maximum atomic E-state index is 12.2. The smallest absolute Gasteiger partial charge is 0.351 e. The summed E-state index contributed by atoms with van der Waals surface area (Å²) in [6, 6.07) is 6.21. The molecule has 29 heavy (non-hydrogen) atoms. The number of aromatic nitrogens is 2. The van der Waals surface area contributed by atoms with Crippen LogP contribution in [0, 0.1) is 10.1 Å². The maximum absolute atomic E-state index is 12.2. The van der Waals surface area contributed by atoms with E-state index in [9.17, 15) is 25.1 Å². The first-order valence-electron chi connectivity index (χ1n) is 8.95. The van der Waals surface area contributed by atoms with Gasteiger partial charge >= 0.3 is 5.69 Å². The van der Waals surface area contributed by atoms with Crippen LogP contribution in [0.25, 0.3) is 0 Å². The van der Waals surface area contributed by atoms with Crippen LogP contribution in [0.4, 0.5) is 11.5 Å². The third kappa shape index (κ3) is 5.81. The van der Waals surface area contributed by atoms with Crippen LogP contribution in [0.3, 0.4) is 0 Å². The molecule has 0 unspecified atom stereocenters. The van der Waals surface area contributed by atoms with E-state index >= 15 is 0 Å². The average Bonchev–Trinajstić information content (AvgIpc) is 2.71. The second-order valence-corrected chi connectivity index (χ2v) is 6.21. The van der Waals surface area contributed by atoms with E-state index < -0.39 is 36.2 Å². The Morgan fingerprint density at radius 3 is 2.52 bits per heavy atom. The molecule has 0 radical (unpaired) electrons. The van der Waals surface area contributed by atoms with Gasteiger partial charge in [-0.15, -0.1) is 0 Å². The van der Waals surface area contributed by atoms with Crippen LogP contribution in [0.5, 0.6) is 0 Å². The van der Waals surface area contributed by atoms with Crippen LogP contribution in [0.2, 0.25) is 0 Å². The highest BCUT2D eigenvalue weighted by atomic mass is 16.6. The lowest BCUT2D eigenvalue weighted by Gasteiger charge is -2.23. The molecule has 11 nitrogen and oxygen atoms in total. The van der Waals surface area contributed by atoms with Gasteiger partial charge in [-0.3, -0.25) is 14.7 Å². The van der Waals surface area contributed by atoms with Crippen LogP contribution < -0.4 is 11.4 Å². The van der Waals surface area contributed by atoms with Crippen molar-refractivity contribution < 1.29 is 24.6 Å². The van der Waals surface area contributed by atoms with Gasteiger partial charge in [0.05, 0.1) is 36.9 Å². The number of nitrogens with zero attached hydrogens (tertiary/aromatic N) is 3. The fourth-order valence-electron chi connectivity index (χ4n) is 2.65. The van der Waals surface area contributed by atoms with E-state index in [4.69, 9.17) is 15.2 Å². The number of nitro groups is 1. The molecule has 0 aliphatic heterocycles. The summed E-state index contributed by atoms with van der Waals surface area (Å²) in [7, 11) is 0. The lowest BCUT2D eigenvalue weighted by Crippen LogP contribution is -2.34. The number of para-hydroxylation sites is 1. The zero-order chi connectivity index (χ0) is 21.4. The van der Waals surface area contributed by atoms with Gasteiger partial charge in [0.2, 0.25) is 0 Å². The SMILES string of the molecule is CC[C@@H](OC(CO)CO)n1cc(COCc2ccccc2[N+](=O)[O-])c(N)nc1=O. The Hall–Kier alpha value is -2.86. The van der Waals surface area contributed by atoms with Crippen LogP contribution in [-0.4, -0.2) is 44.0 Å². The first-order valence-corrected chi connectivity index (χ1v) is 8.95. The quantitative estimate of drug-likeness (QED) is 0.359. The monoisotopic (exact) mass is 408 g/mol. The minimum Gasteiger partial charge on any atom is -0.394 e. The summed E-state index contributed by atoms with van der Waals surface area (Å²) in [4.78, 5) is 26.6. The molecule has 158 valence electrons. The number of anilines is 1. The number of rotatable bonds is 11. The number of ether oxygens (including phenoxy) is 2. The van der Waals surface area contributed by atoms with Gasteiger partial charge in [-0.1, -0.05) is 19.1 Å². The van der Waals surface area contributed by atoms with Crippen molar-refractivity contribution in [1.82, 2.24) is 9.55 Å². The van der Waals surface area contributed by atoms with Crippen molar-refractivity contribution in [2.75, 3.05) is 18.9 Å². The van der Waals surface area contributed by atoms with E-state index in [0.29, 0.717) is 17.5 Å². The van der Waals surface area contributed by atoms with Crippen molar-refractivity contribution in [3.63, 3.8) is 0 Å². The molecular formula is C18H24N4O7. The molecule has 1 atom stereocenters. The van der Waals surface area contributed by atoms with Crippen LogP contribution >= 0.6 is 0 Å². The Morgan fingerprint density at radius 2 is 1.90 bits per heavy atom. The van der Waals surface area contributed by atoms with Crippen molar-refractivity contribution in [2.24, 2.45) is 0 Å². The third-order valence-corrected chi connectivity index (χ3v) is 4.18. The lowest BCUT2D eigenvalue weighted by atomic mass is 10.2. The molecule has 2 rings (SSSR count). The molecule has 0 saturated heterocycles. The molecule has 1 aromatic heterocycles. The van der Waals surface area contributed by atoms with E-state index in [1.807, 2.05) is 0 Å². The highest BCUT2D eigenvalue weighted by Gasteiger charge is 2.19. The fraction of sp³-hybridized carbons (Fsp3) is 0.444. The number of nitrogens with two attached hydrogens (primary N) is 1. The average molecular weight is 408 g/mol. The Bertz CT molecular complexity index is 883. The van der Waals surface area contributed by atoms with Gasteiger partial charge < -0.3 is 25.4 Å². The van der Waals surface area contributed by atoms with Crippen molar-refractivity contribution in [1.29, 1.82) is 0 Å². The number of hydrogen-bond acceptors (Lipinski definition) is 9. The molecule has 0 bridgehead atoms. The summed E-state index contributed by atoms with van der Waals surface area (Å²) < 4.78 is 12.3. The first kappa shape index (κ1) is 22.4. The number of hydrogen-bond donors (Lipinski definition) is 3. The largest absolute Gasteiger partial charge is 0.394 e. The number of nitro benzene ring substituents is 1. The maximum Gasteiger partial charge on any atom is 0.351 e. The fourth-order valence-corrected chi connectivity index (χ4v) is 2.65. The van der Waals surface area contributed by atoms with Gasteiger partial charge in [0.1, 0.15) is 18.1 Å². The number of aliphatic hydroxyl groups excluding tert-OH is 2. The summed E-state index contributed by atoms with van der Waals surface area (Å²) in [5, 5.41) is 29.5. The van der Waals surface area contributed by atoms with Crippen LogP contribution in [0.1, 0.15) is 30.7 Å². The van der Waals surface area contributed by atoms with Gasteiger partial charge in [0.15, 0.2) is 0 Å². The Morgan fingerprint density at radius 1 is 1.24 bits per heavy atom. The van der Waals surface area contributed by atoms with Crippen LogP contribution in [-0.2, 0) is 22.7 Å². The first-order chi connectivity index (χ1) is 13.9. The molecule has 0 aliphatic carbocycles. The Kier molecular flexibility index (Phi) is 8.21. The van der Waals surface area contributed by atoms with Crippen molar-refractivity contribution in [2.45, 2.75) is 38.9 Å². The third-order valence-electron chi connectivity index (χ3n) is 4.18. The van der Waals surface area contributed by atoms with Crippen LogP contribution in [0.15, 0.2) is 35.3 Å². The summed E-state index contributed by atoms with van der Waals surface area (Å²) in [5.74, 6) is -0.0236. The standard InChI is InChI=1S/C18H24N4O7/c1-2-16(29-14(8-23)9-24)21-7-13(17(19)20-18(21)25)11-28-10-12-5-3-4-6-15(12)22(26)27/h3-7,14,16,23-24H,2,8-11H2,1H3,(H2,19,20,25)/t16-/m1/s1. The predicted molar refractivity (Wildman–Crippen MR) is 103 cm³/mol. The molecule has 0 fully saturated rings. The molecule has 1 heterocycles. The second-order valence-electron chi connectivity index (χ2n) is 6.21. The zero-order valence-electron chi connectivity index (χ0n) is 15.9. The van der Waals surface area contributed by atoms with E-state index in [2.05, 4.69) is 4.98 Å². The molecule has 11 heteroatoms. The van der Waals surface area contributed by atoms with Gasteiger partial charge in [0.25, 0.3) is 5.69 Å². The van der Waals surface area contributed by atoms with E-state index in [1.165, 1.54) is 16.8 Å². The summed E-state index contributed by atoms with van der Waals surface area (Å²) in [6.07, 6.45) is 0.194. The van der Waals surface area contributed by atoms with Crippen molar-refractivity contribution >= 4 is 11.5 Å². The second kappa shape index (κ2) is 10.6. The van der Waals surface area contributed by atoms with Gasteiger partial charge in [0, 0.05) is 17.8 Å². The zero-order valence-corrected chi connectivity index (χ0v) is 15.9. The van der Waals surface area contributed by atoms with Gasteiger partial charge in [-0.2, -0.15) is 4.98 Å². The van der Waals surface area contributed by atoms with Gasteiger partial charge in [-0.05, 0) is 12.5 Å². The normalized spacial score (nSPS) is 12.3. The van der Waals surface area contributed by atoms with Crippen molar-refractivity contribution in [3.8, 4) is 0 Å². The van der Waals surface area contributed by atoms with E-state index in [-0.39, 0.29) is 24.7 Å².